The number of halogens is 2. The van der Waals surface area contributed by atoms with E-state index in [1.54, 1.807) is 45.7 Å². The van der Waals surface area contributed by atoms with Gasteiger partial charge in [-0.1, -0.05) is 11.6 Å². The Balaban J connectivity index is 2.40. The lowest BCUT2D eigenvalue weighted by Crippen LogP contribution is -1.99. The van der Waals surface area contributed by atoms with Crippen molar-refractivity contribution in [1.82, 2.24) is 4.98 Å². The number of pyridine rings is 1. The molecule has 21 heavy (non-hydrogen) atoms. The Hall–Kier alpha value is -1.66. The summed E-state index contributed by atoms with van der Waals surface area (Å²) in [6, 6.07) is 5.32. The molecule has 7 heteroatoms. The Morgan fingerprint density at radius 3 is 2.14 bits per heavy atom. The summed E-state index contributed by atoms with van der Waals surface area (Å²) >= 11 is 9.46. The van der Waals surface area contributed by atoms with E-state index in [4.69, 9.17) is 25.8 Å². The van der Waals surface area contributed by atoms with Crippen LogP contribution in [0.15, 0.2) is 28.9 Å². The normalized spacial score (nSPS) is 10.1. The molecule has 112 valence electrons. The predicted molar refractivity (Wildman–Crippen MR) is 86.3 cm³/mol. The van der Waals surface area contributed by atoms with Gasteiger partial charge in [-0.3, -0.25) is 0 Å². The van der Waals surface area contributed by atoms with Crippen molar-refractivity contribution in [2.75, 3.05) is 26.6 Å². The fourth-order valence-electron chi connectivity index (χ4n) is 1.80. The first-order chi connectivity index (χ1) is 10.1. The Labute approximate surface area is 136 Å². The molecule has 5 nitrogen and oxygen atoms in total. The molecule has 1 N–H and O–H groups in total. The van der Waals surface area contributed by atoms with Gasteiger partial charge in [0.15, 0.2) is 11.5 Å². The minimum absolute atomic E-state index is 0.498. The van der Waals surface area contributed by atoms with Gasteiger partial charge in [0.2, 0.25) is 5.75 Å². The average Bonchev–Trinajstić information content (AvgIpc) is 2.49. The van der Waals surface area contributed by atoms with Crippen LogP contribution >= 0.6 is 27.5 Å². The molecular weight excluding hydrogens is 360 g/mol. The van der Waals surface area contributed by atoms with E-state index in [9.17, 15) is 0 Å². The molecule has 2 aromatic rings. The lowest BCUT2D eigenvalue weighted by Gasteiger charge is -2.15. The van der Waals surface area contributed by atoms with Crippen molar-refractivity contribution in [2.45, 2.75) is 0 Å². The SMILES string of the molecule is COc1cc(Nc2ncc(Br)cc2Cl)cc(OC)c1OC. The Bertz CT molecular complexity index is 627. The molecule has 1 heterocycles. The summed E-state index contributed by atoms with van der Waals surface area (Å²) in [5, 5.41) is 3.62. The van der Waals surface area contributed by atoms with E-state index in [1.165, 1.54) is 0 Å². The number of nitrogens with one attached hydrogen (secondary N) is 1. The number of hydrogen-bond donors (Lipinski definition) is 1. The maximum Gasteiger partial charge on any atom is 0.203 e. The summed E-state index contributed by atoms with van der Waals surface area (Å²) in [6.07, 6.45) is 1.66. The monoisotopic (exact) mass is 372 g/mol. The van der Waals surface area contributed by atoms with Crippen LogP contribution in [0.4, 0.5) is 11.5 Å². The molecule has 0 amide bonds. The van der Waals surface area contributed by atoms with Crippen LogP contribution in [-0.4, -0.2) is 26.3 Å². The summed E-state index contributed by atoms with van der Waals surface area (Å²) in [4.78, 5) is 4.22. The second kappa shape index (κ2) is 6.87. The highest BCUT2D eigenvalue weighted by molar-refractivity contribution is 9.10. The molecule has 0 bridgehead atoms. The molecule has 0 unspecified atom stereocenters. The lowest BCUT2D eigenvalue weighted by molar-refractivity contribution is 0.324. The third-order valence-electron chi connectivity index (χ3n) is 2.74. The van der Waals surface area contributed by atoms with E-state index in [-0.39, 0.29) is 0 Å². The zero-order chi connectivity index (χ0) is 15.4. The van der Waals surface area contributed by atoms with E-state index in [0.717, 1.165) is 10.2 Å². The van der Waals surface area contributed by atoms with E-state index in [0.29, 0.717) is 28.1 Å². The second-order valence-corrected chi connectivity index (χ2v) is 5.35. The average molecular weight is 374 g/mol. The van der Waals surface area contributed by atoms with Gasteiger partial charge in [0.05, 0.1) is 26.4 Å². The van der Waals surface area contributed by atoms with Crippen molar-refractivity contribution in [3.8, 4) is 17.2 Å². The fourth-order valence-corrected chi connectivity index (χ4v) is 2.47. The number of anilines is 2. The molecule has 0 fully saturated rings. The van der Waals surface area contributed by atoms with Gasteiger partial charge in [0, 0.05) is 28.5 Å². The number of nitrogens with zero attached hydrogens (tertiary/aromatic N) is 1. The smallest absolute Gasteiger partial charge is 0.203 e. The maximum atomic E-state index is 6.14. The molecule has 0 saturated carbocycles. The first kappa shape index (κ1) is 15.7. The van der Waals surface area contributed by atoms with Crippen LogP contribution in [-0.2, 0) is 0 Å². The van der Waals surface area contributed by atoms with Gasteiger partial charge in [0.1, 0.15) is 5.82 Å². The summed E-state index contributed by atoms with van der Waals surface area (Å²) < 4.78 is 16.7. The molecule has 0 saturated heterocycles. The van der Waals surface area contributed by atoms with Crippen molar-refractivity contribution in [1.29, 1.82) is 0 Å². The molecule has 0 aliphatic carbocycles. The Kier molecular flexibility index (Phi) is 5.14. The Morgan fingerprint density at radius 1 is 1.05 bits per heavy atom. The molecule has 0 aliphatic rings. The second-order valence-electron chi connectivity index (χ2n) is 4.02. The summed E-state index contributed by atoms with van der Waals surface area (Å²) in [6.45, 7) is 0. The van der Waals surface area contributed by atoms with Crippen molar-refractivity contribution in [3.05, 3.63) is 33.9 Å². The van der Waals surface area contributed by atoms with Crippen molar-refractivity contribution in [2.24, 2.45) is 0 Å². The molecule has 0 radical (unpaired) electrons. The van der Waals surface area contributed by atoms with Crippen LogP contribution in [0.3, 0.4) is 0 Å². The number of ether oxygens (including phenoxy) is 3. The topological polar surface area (TPSA) is 52.6 Å². The van der Waals surface area contributed by atoms with Crippen LogP contribution in [0.5, 0.6) is 17.2 Å². The quantitative estimate of drug-likeness (QED) is 0.848. The number of aromatic nitrogens is 1. The van der Waals surface area contributed by atoms with E-state index >= 15 is 0 Å². The molecule has 1 aromatic heterocycles. The van der Waals surface area contributed by atoms with Gasteiger partial charge in [-0.25, -0.2) is 4.98 Å². The van der Waals surface area contributed by atoms with Gasteiger partial charge in [-0.05, 0) is 22.0 Å². The third-order valence-corrected chi connectivity index (χ3v) is 3.46. The summed E-state index contributed by atoms with van der Waals surface area (Å²) in [7, 11) is 4.68. The minimum Gasteiger partial charge on any atom is -0.493 e. The standard InChI is InChI=1S/C14H14BrClN2O3/c1-19-11-5-9(6-12(20-2)13(11)21-3)18-14-10(16)4-8(15)7-17-14/h4-7H,1-3H3,(H,17,18). The molecule has 0 spiro atoms. The highest BCUT2D eigenvalue weighted by Gasteiger charge is 2.14. The van der Waals surface area contributed by atoms with Crippen LogP contribution in [0.25, 0.3) is 0 Å². The number of benzene rings is 1. The van der Waals surface area contributed by atoms with E-state index in [2.05, 4.69) is 26.2 Å². The van der Waals surface area contributed by atoms with Crippen LogP contribution in [0, 0.1) is 0 Å². The summed E-state index contributed by atoms with van der Waals surface area (Å²) in [5.74, 6) is 2.16. The van der Waals surface area contributed by atoms with Gasteiger partial charge < -0.3 is 19.5 Å². The number of methoxy groups -OCH3 is 3. The molecule has 0 aliphatic heterocycles. The molecule has 1 aromatic carbocycles. The van der Waals surface area contributed by atoms with Gasteiger partial charge in [-0.15, -0.1) is 0 Å². The van der Waals surface area contributed by atoms with Crippen LogP contribution in [0.1, 0.15) is 0 Å². The first-order valence-electron chi connectivity index (χ1n) is 5.97. The maximum absolute atomic E-state index is 6.14. The first-order valence-corrected chi connectivity index (χ1v) is 7.14. The van der Waals surface area contributed by atoms with Gasteiger partial charge in [-0.2, -0.15) is 0 Å². The van der Waals surface area contributed by atoms with E-state index in [1.807, 2.05) is 0 Å². The van der Waals surface area contributed by atoms with Crippen LogP contribution < -0.4 is 19.5 Å². The highest BCUT2D eigenvalue weighted by Crippen LogP contribution is 2.41. The molecule has 0 atom stereocenters. The summed E-state index contributed by atoms with van der Waals surface area (Å²) in [5.41, 5.74) is 0.723. The zero-order valence-electron chi connectivity index (χ0n) is 11.7. The minimum atomic E-state index is 0.498. The predicted octanol–water partition coefficient (Wildman–Crippen LogP) is 4.27. The third kappa shape index (κ3) is 3.51. The Morgan fingerprint density at radius 2 is 1.67 bits per heavy atom. The number of rotatable bonds is 5. The van der Waals surface area contributed by atoms with Crippen molar-refractivity contribution in [3.63, 3.8) is 0 Å². The van der Waals surface area contributed by atoms with Crippen LogP contribution in [0.2, 0.25) is 5.02 Å². The van der Waals surface area contributed by atoms with Gasteiger partial charge in [0.25, 0.3) is 0 Å². The molecule has 2 rings (SSSR count). The zero-order valence-corrected chi connectivity index (χ0v) is 14.1. The fraction of sp³-hybridized carbons (Fsp3) is 0.214. The number of hydrogen-bond acceptors (Lipinski definition) is 5. The molecular formula is C14H14BrClN2O3. The largest absolute Gasteiger partial charge is 0.493 e. The van der Waals surface area contributed by atoms with Gasteiger partial charge >= 0.3 is 0 Å². The van der Waals surface area contributed by atoms with Crippen molar-refractivity contribution >= 4 is 39.0 Å². The van der Waals surface area contributed by atoms with E-state index < -0.39 is 0 Å². The van der Waals surface area contributed by atoms with Crippen molar-refractivity contribution < 1.29 is 14.2 Å². The lowest BCUT2D eigenvalue weighted by atomic mass is 10.2. The highest BCUT2D eigenvalue weighted by atomic mass is 79.9.